The van der Waals surface area contributed by atoms with E-state index in [2.05, 4.69) is 4.98 Å². The SMILES string of the molecule is COc1ccccc1OCc1nc(CN(C(=O)c2ccccc2F)C2CC2)cs1. The molecule has 1 fully saturated rings. The molecule has 150 valence electrons. The van der Waals surface area contributed by atoms with Crippen molar-refractivity contribution in [3.8, 4) is 11.5 Å². The molecular weight excluding hydrogens is 391 g/mol. The van der Waals surface area contributed by atoms with Gasteiger partial charge in [0, 0.05) is 11.4 Å². The van der Waals surface area contributed by atoms with E-state index >= 15 is 0 Å². The molecule has 1 aliphatic carbocycles. The molecule has 0 bridgehead atoms. The number of aromatic nitrogens is 1. The van der Waals surface area contributed by atoms with Crippen LogP contribution in [-0.4, -0.2) is 28.9 Å². The summed E-state index contributed by atoms with van der Waals surface area (Å²) in [5.41, 5.74) is 0.888. The van der Waals surface area contributed by atoms with E-state index in [1.165, 1.54) is 23.5 Å². The topological polar surface area (TPSA) is 51.7 Å². The minimum atomic E-state index is -0.493. The van der Waals surface area contributed by atoms with Crippen molar-refractivity contribution in [2.75, 3.05) is 7.11 Å². The number of nitrogens with zero attached hydrogens (tertiary/aromatic N) is 2. The summed E-state index contributed by atoms with van der Waals surface area (Å²) in [4.78, 5) is 19.2. The van der Waals surface area contributed by atoms with Crippen molar-refractivity contribution in [3.05, 3.63) is 76.0 Å². The number of ether oxygens (including phenoxy) is 2. The van der Waals surface area contributed by atoms with E-state index in [1.54, 1.807) is 24.1 Å². The fourth-order valence-electron chi connectivity index (χ4n) is 3.08. The van der Waals surface area contributed by atoms with Crippen LogP contribution in [-0.2, 0) is 13.2 Å². The third-order valence-electron chi connectivity index (χ3n) is 4.70. The highest BCUT2D eigenvalue weighted by Crippen LogP contribution is 2.31. The number of hydrogen-bond acceptors (Lipinski definition) is 5. The molecule has 0 spiro atoms. The van der Waals surface area contributed by atoms with Crippen molar-refractivity contribution in [2.24, 2.45) is 0 Å². The molecule has 4 rings (SSSR count). The maximum absolute atomic E-state index is 14.1. The lowest BCUT2D eigenvalue weighted by atomic mass is 10.2. The predicted octanol–water partition coefficient (Wildman–Crippen LogP) is 4.67. The van der Waals surface area contributed by atoms with Gasteiger partial charge in [0.05, 0.1) is 24.9 Å². The van der Waals surface area contributed by atoms with Crippen molar-refractivity contribution in [1.82, 2.24) is 9.88 Å². The molecule has 0 aliphatic heterocycles. The number of amides is 1. The normalized spacial score (nSPS) is 13.2. The zero-order valence-electron chi connectivity index (χ0n) is 16.0. The molecule has 0 atom stereocenters. The van der Waals surface area contributed by atoms with Crippen LogP contribution in [0.3, 0.4) is 0 Å². The Morgan fingerprint density at radius 2 is 1.90 bits per heavy atom. The van der Waals surface area contributed by atoms with Gasteiger partial charge in [-0.3, -0.25) is 4.79 Å². The molecule has 0 N–H and O–H groups in total. The second-order valence-electron chi connectivity index (χ2n) is 6.82. The van der Waals surface area contributed by atoms with Gasteiger partial charge in [0.1, 0.15) is 17.4 Å². The molecule has 1 aromatic heterocycles. The molecule has 1 amide bonds. The van der Waals surface area contributed by atoms with E-state index < -0.39 is 5.82 Å². The number of hydrogen-bond donors (Lipinski definition) is 0. The van der Waals surface area contributed by atoms with Gasteiger partial charge in [-0.1, -0.05) is 24.3 Å². The summed E-state index contributed by atoms with van der Waals surface area (Å²) in [5, 5.41) is 2.73. The van der Waals surface area contributed by atoms with Crippen LogP contribution in [0, 0.1) is 5.82 Å². The Morgan fingerprint density at radius 1 is 1.17 bits per heavy atom. The maximum atomic E-state index is 14.1. The first kappa shape index (κ1) is 19.4. The van der Waals surface area contributed by atoms with E-state index in [1.807, 2.05) is 29.6 Å². The molecule has 5 nitrogen and oxygen atoms in total. The van der Waals surface area contributed by atoms with E-state index in [0.717, 1.165) is 23.5 Å². The quantitative estimate of drug-likeness (QED) is 0.539. The average Bonchev–Trinajstić information content (AvgIpc) is 3.49. The number of carbonyl (C=O) groups excluding carboxylic acids is 1. The Hall–Kier alpha value is -2.93. The van der Waals surface area contributed by atoms with Gasteiger partial charge in [-0.05, 0) is 37.1 Å². The largest absolute Gasteiger partial charge is 0.493 e. The van der Waals surface area contributed by atoms with Gasteiger partial charge in [-0.15, -0.1) is 11.3 Å². The molecule has 0 saturated heterocycles. The molecule has 1 saturated carbocycles. The molecule has 0 unspecified atom stereocenters. The average molecular weight is 412 g/mol. The molecule has 7 heteroatoms. The summed E-state index contributed by atoms with van der Waals surface area (Å²) in [6.45, 7) is 0.679. The summed E-state index contributed by atoms with van der Waals surface area (Å²) in [5.74, 6) is 0.540. The fourth-order valence-corrected chi connectivity index (χ4v) is 3.78. The third kappa shape index (κ3) is 4.56. The Balaban J connectivity index is 1.43. The van der Waals surface area contributed by atoms with Crippen LogP contribution in [0.5, 0.6) is 11.5 Å². The number of methoxy groups -OCH3 is 1. The first-order valence-electron chi connectivity index (χ1n) is 9.40. The standard InChI is InChI=1S/C22H21FN2O3S/c1-27-19-8-4-5-9-20(19)28-13-21-24-15(14-29-21)12-25(16-10-11-16)22(26)17-6-2-3-7-18(17)23/h2-9,14,16H,10-13H2,1H3. The van der Waals surface area contributed by atoms with Crippen LogP contribution < -0.4 is 9.47 Å². The molecule has 1 aliphatic rings. The van der Waals surface area contributed by atoms with E-state index in [9.17, 15) is 9.18 Å². The number of para-hydroxylation sites is 2. The van der Waals surface area contributed by atoms with Crippen molar-refractivity contribution >= 4 is 17.2 Å². The highest BCUT2D eigenvalue weighted by Gasteiger charge is 2.34. The van der Waals surface area contributed by atoms with Crippen molar-refractivity contribution in [1.29, 1.82) is 0 Å². The van der Waals surface area contributed by atoms with Crippen LogP contribution in [0.4, 0.5) is 4.39 Å². The molecule has 29 heavy (non-hydrogen) atoms. The van der Waals surface area contributed by atoms with Gasteiger partial charge in [-0.25, -0.2) is 9.37 Å². The van der Waals surface area contributed by atoms with Crippen LogP contribution in [0.25, 0.3) is 0 Å². The highest BCUT2D eigenvalue weighted by atomic mass is 32.1. The smallest absolute Gasteiger partial charge is 0.257 e. The molecule has 0 radical (unpaired) electrons. The Bertz CT molecular complexity index is 1000. The number of benzene rings is 2. The monoisotopic (exact) mass is 412 g/mol. The summed E-state index contributed by atoms with van der Waals surface area (Å²) in [7, 11) is 1.60. The summed E-state index contributed by atoms with van der Waals surface area (Å²) >= 11 is 1.48. The number of rotatable bonds is 8. The van der Waals surface area contributed by atoms with E-state index in [4.69, 9.17) is 9.47 Å². The Kier molecular flexibility index (Phi) is 5.76. The lowest BCUT2D eigenvalue weighted by Gasteiger charge is -2.21. The van der Waals surface area contributed by atoms with Gasteiger partial charge in [0.25, 0.3) is 5.91 Å². The van der Waals surface area contributed by atoms with Crippen LogP contribution >= 0.6 is 11.3 Å². The number of carbonyl (C=O) groups is 1. The van der Waals surface area contributed by atoms with Crippen LogP contribution in [0.2, 0.25) is 0 Å². The minimum Gasteiger partial charge on any atom is -0.493 e. The molecule has 2 aromatic carbocycles. The van der Waals surface area contributed by atoms with Gasteiger partial charge in [0.2, 0.25) is 0 Å². The summed E-state index contributed by atoms with van der Waals surface area (Å²) in [6.07, 6.45) is 1.88. The molecular formula is C22H21FN2O3S. The van der Waals surface area contributed by atoms with Crippen molar-refractivity contribution < 1.29 is 18.7 Å². The second kappa shape index (κ2) is 8.61. The van der Waals surface area contributed by atoms with Gasteiger partial charge < -0.3 is 14.4 Å². The Labute approximate surface area is 172 Å². The molecule has 3 aromatic rings. The summed E-state index contributed by atoms with van der Waals surface area (Å²) < 4.78 is 25.2. The lowest BCUT2D eigenvalue weighted by molar-refractivity contribution is 0.0723. The minimum absolute atomic E-state index is 0.106. The zero-order valence-corrected chi connectivity index (χ0v) is 16.8. The van der Waals surface area contributed by atoms with Crippen molar-refractivity contribution in [2.45, 2.75) is 32.0 Å². The fraction of sp³-hybridized carbons (Fsp3) is 0.273. The van der Waals surface area contributed by atoms with Crippen LogP contribution in [0.1, 0.15) is 33.9 Å². The first-order valence-corrected chi connectivity index (χ1v) is 10.3. The van der Waals surface area contributed by atoms with Gasteiger partial charge in [-0.2, -0.15) is 0 Å². The first-order chi connectivity index (χ1) is 14.2. The van der Waals surface area contributed by atoms with Gasteiger partial charge >= 0.3 is 0 Å². The predicted molar refractivity (Wildman–Crippen MR) is 109 cm³/mol. The van der Waals surface area contributed by atoms with Gasteiger partial charge in [0.15, 0.2) is 11.5 Å². The zero-order chi connectivity index (χ0) is 20.2. The lowest BCUT2D eigenvalue weighted by Crippen LogP contribution is -2.33. The maximum Gasteiger partial charge on any atom is 0.257 e. The Morgan fingerprint density at radius 3 is 2.62 bits per heavy atom. The second-order valence-corrected chi connectivity index (χ2v) is 7.76. The van der Waals surface area contributed by atoms with Crippen molar-refractivity contribution in [3.63, 3.8) is 0 Å². The summed E-state index contributed by atoms with van der Waals surface area (Å²) in [6, 6.07) is 13.7. The third-order valence-corrected chi connectivity index (χ3v) is 5.58. The van der Waals surface area contributed by atoms with E-state index in [-0.39, 0.29) is 17.5 Å². The number of thiazole rings is 1. The van der Waals surface area contributed by atoms with Crippen LogP contribution in [0.15, 0.2) is 53.9 Å². The highest BCUT2D eigenvalue weighted by molar-refractivity contribution is 7.09. The van der Waals surface area contributed by atoms with E-state index in [0.29, 0.717) is 24.7 Å². The number of halogens is 1. The molecule has 1 heterocycles.